The molecule has 3 heterocycles. The quantitative estimate of drug-likeness (QED) is 0.659. The fourth-order valence-electron chi connectivity index (χ4n) is 5.35. The number of rotatable bonds is 4. The lowest BCUT2D eigenvalue weighted by atomic mass is 9.69. The lowest BCUT2D eigenvalue weighted by molar-refractivity contribution is 0.0513. The molecule has 2 aliphatic rings. The summed E-state index contributed by atoms with van der Waals surface area (Å²) in [5.41, 5.74) is 3.04. The van der Waals surface area contributed by atoms with Crippen molar-refractivity contribution in [1.82, 2.24) is 25.2 Å². The summed E-state index contributed by atoms with van der Waals surface area (Å²) in [7, 11) is 4.35. The fraction of sp³-hybridized carbons (Fsp3) is 0.400. The molecular weight excluding hydrogens is 400 g/mol. The van der Waals surface area contributed by atoms with Crippen molar-refractivity contribution in [2.45, 2.75) is 43.1 Å². The van der Waals surface area contributed by atoms with E-state index in [2.05, 4.69) is 69.6 Å². The number of hydrogen-bond acceptors (Lipinski definition) is 7. The van der Waals surface area contributed by atoms with Gasteiger partial charge in [-0.25, -0.2) is 9.97 Å². The van der Waals surface area contributed by atoms with E-state index in [0.29, 0.717) is 5.82 Å². The largest absolute Gasteiger partial charge is 0.361 e. The van der Waals surface area contributed by atoms with E-state index in [1.54, 1.807) is 24.8 Å². The maximum atomic E-state index is 10.8. The van der Waals surface area contributed by atoms with Crippen molar-refractivity contribution in [3.63, 3.8) is 0 Å². The van der Waals surface area contributed by atoms with E-state index in [0.717, 1.165) is 43.5 Å². The van der Waals surface area contributed by atoms with Crippen molar-refractivity contribution in [3.05, 3.63) is 72.8 Å². The molecule has 1 saturated heterocycles. The molecule has 1 aliphatic carbocycles. The first-order chi connectivity index (χ1) is 15.5. The molecule has 1 unspecified atom stereocenters. The molecule has 5 rings (SSSR count). The Bertz CT molecular complexity index is 1030. The predicted octanol–water partition coefficient (Wildman–Crippen LogP) is 2.99. The molecule has 1 aliphatic heterocycles. The Labute approximate surface area is 189 Å². The third kappa shape index (κ3) is 3.66. The van der Waals surface area contributed by atoms with Gasteiger partial charge in [-0.05, 0) is 57.5 Å². The minimum atomic E-state index is -0.742. The van der Waals surface area contributed by atoms with E-state index in [1.807, 2.05) is 17.0 Å². The molecule has 2 N–H and O–H groups in total. The highest BCUT2D eigenvalue weighted by Crippen LogP contribution is 2.46. The first-order valence-corrected chi connectivity index (χ1v) is 11.2. The SMILES string of the molecule is CN(C)[C@]1(c2ccccc2)CC[C@]2(CC1)CN(c1cnc(-c3ccncc3)nc1)C(O)N2. The van der Waals surface area contributed by atoms with Gasteiger partial charge < -0.3 is 10.0 Å². The predicted molar refractivity (Wildman–Crippen MR) is 125 cm³/mol. The van der Waals surface area contributed by atoms with Crippen LogP contribution in [0, 0.1) is 0 Å². The van der Waals surface area contributed by atoms with Gasteiger partial charge in [-0.1, -0.05) is 30.3 Å². The molecule has 0 radical (unpaired) electrons. The average Bonchev–Trinajstić information content (AvgIpc) is 3.16. The summed E-state index contributed by atoms with van der Waals surface area (Å²) < 4.78 is 0. The van der Waals surface area contributed by atoms with Gasteiger partial charge in [0, 0.05) is 35.6 Å². The van der Waals surface area contributed by atoms with E-state index in [4.69, 9.17) is 0 Å². The Kier molecular flexibility index (Phi) is 5.41. The maximum absolute atomic E-state index is 10.8. The third-order valence-electron chi connectivity index (χ3n) is 7.31. The summed E-state index contributed by atoms with van der Waals surface area (Å²) in [6.45, 7) is 0.741. The highest BCUT2D eigenvalue weighted by Gasteiger charge is 2.50. The number of aromatic nitrogens is 3. The lowest BCUT2D eigenvalue weighted by Crippen LogP contribution is -2.54. The summed E-state index contributed by atoms with van der Waals surface area (Å²) in [5, 5.41) is 14.3. The third-order valence-corrected chi connectivity index (χ3v) is 7.31. The minimum absolute atomic E-state index is 0.0296. The van der Waals surface area contributed by atoms with Crippen molar-refractivity contribution >= 4 is 5.69 Å². The van der Waals surface area contributed by atoms with E-state index in [9.17, 15) is 5.11 Å². The highest BCUT2D eigenvalue weighted by molar-refractivity contribution is 5.56. The minimum Gasteiger partial charge on any atom is -0.361 e. The molecule has 1 spiro atoms. The van der Waals surface area contributed by atoms with Gasteiger partial charge in [0.1, 0.15) is 0 Å². The monoisotopic (exact) mass is 430 g/mol. The second kappa shape index (κ2) is 8.24. The highest BCUT2D eigenvalue weighted by atomic mass is 16.3. The Morgan fingerprint density at radius 3 is 2.25 bits per heavy atom. The number of aliphatic hydroxyl groups excluding tert-OH is 1. The molecular formula is C25H30N6O. The number of hydrogen-bond donors (Lipinski definition) is 2. The summed E-state index contributed by atoms with van der Waals surface area (Å²) >= 11 is 0. The molecule has 1 saturated carbocycles. The number of aliphatic hydroxyl groups is 1. The molecule has 166 valence electrons. The molecule has 32 heavy (non-hydrogen) atoms. The summed E-state index contributed by atoms with van der Waals surface area (Å²) in [6, 6.07) is 14.6. The normalized spacial score (nSPS) is 27.9. The van der Waals surface area contributed by atoms with Gasteiger partial charge in [0.05, 0.1) is 18.1 Å². The van der Waals surface area contributed by atoms with E-state index >= 15 is 0 Å². The van der Waals surface area contributed by atoms with Crippen LogP contribution in [0.3, 0.4) is 0 Å². The molecule has 2 aromatic heterocycles. The zero-order chi connectivity index (χ0) is 22.2. The average molecular weight is 431 g/mol. The van der Waals surface area contributed by atoms with Crippen LogP contribution in [0.4, 0.5) is 5.69 Å². The van der Waals surface area contributed by atoms with Crippen LogP contribution in [0.2, 0.25) is 0 Å². The van der Waals surface area contributed by atoms with Crippen molar-refractivity contribution < 1.29 is 5.11 Å². The van der Waals surface area contributed by atoms with Crippen LogP contribution in [0.25, 0.3) is 11.4 Å². The first-order valence-electron chi connectivity index (χ1n) is 11.2. The van der Waals surface area contributed by atoms with Gasteiger partial charge in [0.2, 0.25) is 0 Å². The van der Waals surface area contributed by atoms with Crippen LogP contribution in [0.15, 0.2) is 67.3 Å². The van der Waals surface area contributed by atoms with E-state index < -0.39 is 6.35 Å². The zero-order valence-corrected chi connectivity index (χ0v) is 18.6. The number of pyridine rings is 1. The molecule has 2 fully saturated rings. The van der Waals surface area contributed by atoms with Crippen molar-refractivity contribution in [1.29, 1.82) is 0 Å². The van der Waals surface area contributed by atoms with Crippen molar-refractivity contribution in [3.8, 4) is 11.4 Å². The van der Waals surface area contributed by atoms with Crippen LogP contribution in [-0.2, 0) is 5.54 Å². The molecule has 1 atom stereocenters. The van der Waals surface area contributed by atoms with E-state index in [1.165, 1.54) is 5.56 Å². The lowest BCUT2D eigenvalue weighted by Gasteiger charge is -2.49. The number of benzene rings is 1. The Morgan fingerprint density at radius 2 is 1.62 bits per heavy atom. The maximum Gasteiger partial charge on any atom is 0.184 e. The molecule has 1 aromatic carbocycles. The van der Waals surface area contributed by atoms with Crippen molar-refractivity contribution in [2.24, 2.45) is 0 Å². The molecule has 0 bridgehead atoms. The molecule has 7 nitrogen and oxygen atoms in total. The molecule has 7 heteroatoms. The fourth-order valence-corrected chi connectivity index (χ4v) is 5.35. The van der Waals surface area contributed by atoms with Gasteiger partial charge in [-0.3, -0.25) is 15.2 Å². The van der Waals surface area contributed by atoms with Crippen LogP contribution < -0.4 is 10.2 Å². The smallest absolute Gasteiger partial charge is 0.184 e. The second-order valence-corrected chi connectivity index (χ2v) is 9.22. The van der Waals surface area contributed by atoms with Gasteiger partial charge in [-0.2, -0.15) is 0 Å². The van der Waals surface area contributed by atoms with Gasteiger partial charge in [0.15, 0.2) is 12.2 Å². The van der Waals surface area contributed by atoms with Crippen LogP contribution >= 0.6 is 0 Å². The Hall–Kier alpha value is -2.87. The summed E-state index contributed by atoms with van der Waals surface area (Å²) in [4.78, 5) is 17.4. The van der Waals surface area contributed by atoms with Crippen molar-refractivity contribution in [2.75, 3.05) is 25.5 Å². The van der Waals surface area contributed by atoms with E-state index in [-0.39, 0.29) is 11.1 Å². The van der Waals surface area contributed by atoms with Gasteiger partial charge in [-0.15, -0.1) is 0 Å². The van der Waals surface area contributed by atoms with Crippen LogP contribution in [-0.4, -0.2) is 57.5 Å². The standard InChI is InChI=1S/C25H30N6O/c1-30(2)25(20-6-4-3-5-7-20)12-10-24(11-13-25)18-31(23(32)29-24)21-16-27-22(28-17-21)19-8-14-26-15-9-19/h3-9,14-17,23,29,32H,10-13,18H2,1-2H3/t23?,24-,25+. The summed E-state index contributed by atoms with van der Waals surface area (Å²) in [6.07, 6.45) is 10.4. The van der Waals surface area contributed by atoms with Crippen LogP contribution in [0.5, 0.6) is 0 Å². The zero-order valence-electron chi connectivity index (χ0n) is 18.6. The Morgan fingerprint density at radius 1 is 0.969 bits per heavy atom. The van der Waals surface area contributed by atoms with Gasteiger partial charge in [0.25, 0.3) is 0 Å². The summed E-state index contributed by atoms with van der Waals surface area (Å²) in [5.74, 6) is 0.656. The molecule has 3 aromatic rings. The number of nitrogens with one attached hydrogen (secondary N) is 1. The van der Waals surface area contributed by atoms with Gasteiger partial charge >= 0.3 is 0 Å². The number of nitrogens with zero attached hydrogens (tertiary/aromatic N) is 5. The Balaban J connectivity index is 1.32. The second-order valence-electron chi connectivity index (χ2n) is 9.22. The number of anilines is 1. The van der Waals surface area contributed by atoms with Crippen LogP contribution in [0.1, 0.15) is 31.2 Å². The molecule has 0 amide bonds. The first kappa shape index (κ1) is 21.0. The topological polar surface area (TPSA) is 77.4 Å².